The molecule has 2 aromatic rings. The van der Waals surface area contributed by atoms with E-state index in [1.165, 1.54) is 11.8 Å². The van der Waals surface area contributed by atoms with Gasteiger partial charge in [0, 0.05) is 44.2 Å². The van der Waals surface area contributed by atoms with Crippen molar-refractivity contribution in [2.45, 2.75) is 65.7 Å². The van der Waals surface area contributed by atoms with Crippen molar-refractivity contribution in [1.29, 1.82) is 0 Å². The Kier molecular flexibility index (Phi) is 8.16. The van der Waals surface area contributed by atoms with Gasteiger partial charge in [-0.05, 0) is 99.0 Å². The minimum atomic E-state index is -0.972. The molecule has 208 valence electrons. The number of amides is 3. The molecule has 0 fully saturated rings. The first-order chi connectivity index (χ1) is 18.4. The summed E-state index contributed by atoms with van der Waals surface area (Å²) >= 11 is 0. The van der Waals surface area contributed by atoms with E-state index in [0.29, 0.717) is 37.9 Å². The minimum Gasteiger partial charge on any atom is -0.444 e. The summed E-state index contributed by atoms with van der Waals surface area (Å²) in [6.45, 7) is 10.1. The molecule has 0 spiro atoms. The summed E-state index contributed by atoms with van der Waals surface area (Å²) in [6, 6.07) is 11.6. The number of aryl methyl sites for hydroxylation is 1. The number of carbonyl (C=O) groups is 3. The number of carbonyl (C=O) groups excluding carboxylic acids is 3. The fourth-order valence-corrected chi connectivity index (χ4v) is 5.34. The standard InChI is InChI=1S/C31H39N3O5/c1-19-7-8-23(28(36)32-6)16-24(19)17-26-18-25-15-22(9-10-27(25)34(20(2)35)29(26)37)21-11-13-33(14-12-21)30(38)39-31(3,4)5/h7-11,15-16,26,29,37H,12-14,17-18H2,1-6H3,(H,32,36)/t26?,29-/m0/s1. The van der Waals surface area contributed by atoms with Crippen LogP contribution >= 0.6 is 0 Å². The molecule has 2 N–H and O–H groups in total. The van der Waals surface area contributed by atoms with Gasteiger partial charge in [0.15, 0.2) is 0 Å². The lowest BCUT2D eigenvalue weighted by Gasteiger charge is -2.39. The van der Waals surface area contributed by atoms with Crippen molar-refractivity contribution in [1.82, 2.24) is 10.2 Å². The van der Waals surface area contributed by atoms with Gasteiger partial charge in [0.05, 0.1) is 0 Å². The number of aliphatic hydroxyl groups is 1. The summed E-state index contributed by atoms with van der Waals surface area (Å²) < 4.78 is 5.51. The van der Waals surface area contributed by atoms with Gasteiger partial charge in [0.25, 0.3) is 5.91 Å². The average Bonchev–Trinajstić information content (AvgIpc) is 2.88. The van der Waals surface area contributed by atoms with E-state index < -0.39 is 11.8 Å². The van der Waals surface area contributed by atoms with Crippen molar-refractivity contribution < 1.29 is 24.2 Å². The summed E-state index contributed by atoms with van der Waals surface area (Å²) in [6.07, 6.45) is 2.59. The Labute approximate surface area is 230 Å². The maximum absolute atomic E-state index is 12.7. The number of hydrogen-bond acceptors (Lipinski definition) is 5. The van der Waals surface area contributed by atoms with Gasteiger partial charge in [-0.15, -0.1) is 0 Å². The maximum Gasteiger partial charge on any atom is 0.410 e. The van der Waals surface area contributed by atoms with Gasteiger partial charge in [-0.25, -0.2) is 4.79 Å². The number of ether oxygens (including phenoxy) is 1. The molecule has 4 rings (SSSR count). The Balaban J connectivity index is 1.59. The molecule has 0 saturated carbocycles. The number of hydrogen-bond donors (Lipinski definition) is 2. The van der Waals surface area contributed by atoms with Gasteiger partial charge >= 0.3 is 6.09 Å². The second kappa shape index (κ2) is 11.2. The molecule has 2 atom stereocenters. The fraction of sp³-hybridized carbons (Fsp3) is 0.452. The molecule has 0 aromatic heterocycles. The number of nitrogens with one attached hydrogen (secondary N) is 1. The first-order valence-corrected chi connectivity index (χ1v) is 13.5. The first kappa shape index (κ1) is 28.4. The molecule has 8 heteroatoms. The number of aliphatic hydroxyl groups excluding tert-OH is 1. The molecule has 0 saturated heterocycles. The summed E-state index contributed by atoms with van der Waals surface area (Å²) in [4.78, 5) is 40.5. The molecule has 2 heterocycles. The minimum absolute atomic E-state index is 0.160. The summed E-state index contributed by atoms with van der Waals surface area (Å²) in [5.74, 6) is -0.619. The van der Waals surface area contributed by atoms with Crippen molar-refractivity contribution in [3.63, 3.8) is 0 Å². The van der Waals surface area contributed by atoms with Crippen molar-refractivity contribution in [2.24, 2.45) is 5.92 Å². The summed E-state index contributed by atoms with van der Waals surface area (Å²) in [5.41, 5.74) is 5.94. The SMILES string of the molecule is CNC(=O)c1ccc(C)c(CC2Cc3cc(C4=CCN(C(=O)OC(C)(C)C)CC4)ccc3N(C(C)=O)[C@H]2O)c1. The molecular weight excluding hydrogens is 494 g/mol. The molecule has 39 heavy (non-hydrogen) atoms. The van der Waals surface area contributed by atoms with Crippen LogP contribution < -0.4 is 10.2 Å². The van der Waals surface area contributed by atoms with Crippen LogP contribution in [0.25, 0.3) is 5.57 Å². The van der Waals surface area contributed by atoms with Crippen LogP contribution in [0.2, 0.25) is 0 Å². The molecule has 0 aliphatic carbocycles. The maximum atomic E-state index is 12.7. The highest BCUT2D eigenvalue weighted by Crippen LogP contribution is 2.37. The number of nitrogens with zero attached hydrogens (tertiary/aromatic N) is 2. The van der Waals surface area contributed by atoms with Crippen molar-refractivity contribution >= 4 is 29.2 Å². The molecule has 2 aliphatic rings. The van der Waals surface area contributed by atoms with Crippen LogP contribution in [-0.4, -0.2) is 59.9 Å². The number of anilines is 1. The molecule has 2 aliphatic heterocycles. The van der Waals surface area contributed by atoms with Gasteiger partial charge in [-0.3, -0.25) is 14.5 Å². The van der Waals surface area contributed by atoms with E-state index in [2.05, 4.69) is 17.5 Å². The van der Waals surface area contributed by atoms with Gasteiger partial charge in [-0.2, -0.15) is 0 Å². The summed E-state index contributed by atoms with van der Waals surface area (Å²) in [7, 11) is 1.60. The van der Waals surface area contributed by atoms with Crippen LogP contribution in [0.1, 0.15) is 66.7 Å². The van der Waals surface area contributed by atoms with Crippen molar-refractivity contribution in [2.75, 3.05) is 25.0 Å². The molecule has 1 unspecified atom stereocenters. The molecular formula is C31H39N3O5. The normalized spacial score (nSPS) is 19.2. The first-order valence-electron chi connectivity index (χ1n) is 13.5. The quantitative estimate of drug-likeness (QED) is 0.605. The van der Waals surface area contributed by atoms with E-state index in [0.717, 1.165) is 33.5 Å². The smallest absolute Gasteiger partial charge is 0.410 e. The monoisotopic (exact) mass is 533 g/mol. The lowest BCUT2D eigenvalue weighted by Crippen LogP contribution is -2.48. The molecule has 8 nitrogen and oxygen atoms in total. The van der Waals surface area contributed by atoms with Gasteiger partial charge in [0.1, 0.15) is 11.8 Å². The van der Waals surface area contributed by atoms with E-state index in [-0.39, 0.29) is 23.8 Å². The van der Waals surface area contributed by atoms with Crippen molar-refractivity contribution in [3.8, 4) is 0 Å². The lowest BCUT2D eigenvalue weighted by atomic mass is 9.83. The van der Waals surface area contributed by atoms with Gasteiger partial charge < -0.3 is 20.1 Å². The topological polar surface area (TPSA) is 99.2 Å². The lowest BCUT2D eigenvalue weighted by molar-refractivity contribution is -0.119. The Hall–Kier alpha value is -3.65. The molecule has 0 bridgehead atoms. The largest absolute Gasteiger partial charge is 0.444 e. The highest BCUT2D eigenvalue weighted by atomic mass is 16.6. The third-order valence-electron chi connectivity index (χ3n) is 7.40. The van der Waals surface area contributed by atoms with Crippen LogP contribution in [0, 0.1) is 12.8 Å². The van der Waals surface area contributed by atoms with Crippen LogP contribution in [0.5, 0.6) is 0 Å². The van der Waals surface area contributed by atoms with Gasteiger partial charge in [0.2, 0.25) is 5.91 Å². The fourth-order valence-electron chi connectivity index (χ4n) is 5.34. The number of benzene rings is 2. The number of rotatable bonds is 4. The van der Waals surface area contributed by atoms with Crippen molar-refractivity contribution in [3.05, 3.63) is 70.3 Å². The third-order valence-corrected chi connectivity index (χ3v) is 7.40. The van der Waals surface area contributed by atoms with Crippen LogP contribution in [-0.2, 0) is 22.4 Å². The zero-order valence-electron chi connectivity index (χ0n) is 23.7. The predicted octanol–water partition coefficient (Wildman–Crippen LogP) is 4.47. The molecule has 2 aromatic carbocycles. The highest BCUT2D eigenvalue weighted by Gasteiger charge is 2.36. The predicted molar refractivity (Wildman–Crippen MR) is 151 cm³/mol. The molecule has 3 amide bonds. The van der Waals surface area contributed by atoms with E-state index in [9.17, 15) is 19.5 Å². The second-order valence-corrected chi connectivity index (χ2v) is 11.4. The van der Waals surface area contributed by atoms with E-state index in [4.69, 9.17) is 4.74 Å². The zero-order chi connectivity index (χ0) is 28.5. The Morgan fingerprint density at radius 3 is 2.49 bits per heavy atom. The summed E-state index contributed by atoms with van der Waals surface area (Å²) in [5, 5.41) is 13.9. The highest BCUT2D eigenvalue weighted by molar-refractivity contribution is 5.94. The Morgan fingerprint density at radius 2 is 1.87 bits per heavy atom. The second-order valence-electron chi connectivity index (χ2n) is 11.4. The van der Waals surface area contributed by atoms with Crippen LogP contribution in [0.3, 0.4) is 0 Å². The van der Waals surface area contributed by atoms with E-state index in [1.54, 1.807) is 18.0 Å². The van der Waals surface area contributed by atoms with Gasteiger partial charge in [-0.1, -0.05) is 18.2 Å². The Morgan fingerprint density at radius 1 is 1.13 bits per heavy atom. The molecule has 0 radical (unpaired) electrons. The van der Waals surface area contributed by atoms with Crippen LogP contribution in [0.15, 0.2) is 42.5 Å². The zero-order valence-corrected chi connectivity index (χ0v) is 23.7. The Bertz CT molecular complexity index is 1310. The van der Waals surface area contributed by atoms with Crippen LogP contribution in [0.4, 0.5) is 10.5 Å². The average molecular weight is 534 g/mol. The third kappa shape index (κ3) is 6.33. The number of fused-ring (bicyclic) bond motifs is 1. The van der Waals surface area contributed by atoms with E-state index in [1.807, 2.05) is 52.0 Å². The van der Waals surface area contributed by atoms with E-state index >= 15 is 0 Å².